The normalized spacial score (nSPS) is 27.4. The van der Waals surface area contributed by atoms with Crippen LogP contribution < -0.4 is 9.47 Å². The highest BCUT2D eigenvalue weighted by atomic mass is 32.2. The van der Waals surface area contributed by atoms with Gasteiger partial charge in [-0.1, -0.05) is 6.07 Å². The Morgan fingerprint density at radius 2 is 1.89 bits per heavy atom. The number of pyridine rings is 1. The first-order valence-corrected chi connectivity index (χ1v) is 9.61. The van der Waals surface area contributed by atoms with E-state index in [-0.39, 0.29) is 12.4 Å². The minimum absolute atomic E-state index is 0.152. The fraction of sp³-hybridized carbons (Fsp3) is 0.421. The molecule has 1 aromatic heterocycles. The number of hydrogen-bond donors (Lipinski definition) is 4. The molecule has 4 N–H and O–H groups in total. The molecule has 0 radical (unpaired) electrons. The maximum Gasteiger partial charge on any atom is 0.173 e. The first-order valence-electron chi connectivity index (χ1n) is 8.67. The van der Waals surface area contributed by atoms with Gasteiger partial charge in [0, 0.05) is 18.2 Å². The second kappa shape index (κ2) is 9.06. The van der Waals surface area contributed by atoms with E-state index in [2.05, 4.69) is 4.98 Å². The van der Waals surface area contributed by atoms with E-state index in [1.165, 1.54) is 25.4 Å². The average molecular weight is 411 g/mol. The van der Waals surface area contributed by atoms with Gasteiger partial charge in [-0.05, 0) is 23.8 Å². The van der Waals surface area contributed by atoms with E-state index in [1.807, 2.05) is 0 Å². The van der Waals surface area contributed by atoms with Gasteiger partial charge in [0.2, 0.25) is 0 Å². The van der Waals surface area contributed by atoms with Crippen molar-refractivity contribution in [3.05, 3.63) is 53.6 Å². The van der Waals surface area contributed by atoms with Crippen molar-refractivity contribution in [2.45, 2.75) is 35.4 Å². The lowest BCUT2D eigenvalue weighted by Crippen LogP contribution is -2.55. The number of rotatable bonds is 6. The van der Waals surface area contributed by atoms with Crippen LogP contribution in [0, 0.1) is 5.82 Å². The molecule has 1 saturated heterocycles. The van der Waals surface area contributed by atoms with Gasteiger partial charge in [0.1, 0.15) is 18.0 Å². The molecule has 7 nitrogen and oxygen atoms in total. The van der Waals surface area contributed by atoms with Gasteiger partial charge in [0.15, 0.2) is 17.0 Å². The highest BCUT2D eigenvalue weighted by molar-refractivity contribution is 8.00. The Hall–Kier alpha value is -1.91. The molecule has 9 heteroatoms. The lowest BCUT2D eigenvalue weighted by molar-refractivity contribution is -0.0910. The summed E-state index contributed by atoms with van der Waals surface area (Å²) in [6.07, 6.45) is -0.676. The van der Waals surface area contributed by atoms with Crippen molar-refractivity contribution < 1.29 is 34.3 Å². The van der Waals surface area contributed by atoms with Crippen LogP contribution in [0.2, 0.25) is 0 Å². The molecule has 1 fully saturated rings. The summed E-state index contributed by atoms with van der Waals surface area (Å²) in [5.41, 5.74) is 0.481. The number of methoxy groups -OCH3 is 1. The van der Waals surface area contributed by atoms with Crippen molar-refractivity contribution in [1.82, 2.24) is 4.98 Å². The van der Waals surface area contributed by atoms with Crippen LogP contribution in [0.25, 0.3) is 0 Å². The van der Waals surface area contributed by atoms with E-state index < -0.39 is 34.8 Å². The van der Waals surface area contributed by atoms with Crippen LogP contribution in [0.3, 0.4) is 0 Å². The van der Waals surface area contributed by atoms with Crippen molar-refractivity contribution in [2.75, 3.05) is 13.7 Å². The third-order valence-electron chi connectivity index (χ3n) is 4.57. The largest absolute Gasteiger partial charge is 0.494 e. The van der Waals surface area contributed by atoms with Crippen molar-refractivity contribution in [2.24, 2.45) is 0 Å². The quantitative estimate of drug-likeness (QED) is 0.550. The number of halogens is 1. The maximum absolute atomic E-state index is 14.0. The lowest BCUT2D eigenvalue weighted by Gasteiger charge is -2.39. The summed E-state index contributed by atoms with van der Waals surface area (Å²) in [6.45, 7) is -0.375. The Labute approximate surface area is 165 Å². The fourth-order valence-corrected chi connectivity index (χ4v) is 4.22. The summed E-state index contributed by atoms with van der Waals surface area (Å²) in [7, 11) is 1.39. The van der Waals surface area contributed by atoms with Gasteiger partial charge >= 0.3 is 0 Å². The summed E-state index contributed by atoms with van der Waals surface area (Å²) < 4.78 is 24.7. The van der Waals surface area contributed by atoms with Crippen LogP contribution in [0.5, 0.6) is 11.5 Å². The van der Waals surface area contributed by atoms with E-state index in [0.717, 1.165) is 11.8 Å². The molecule has 28 heavy (non-hydrogen) atoms. The number of thioether (sulfide) groups is 1. The van der Waals surface area contributed by atoms with E-state index in [9.17, 15) is 24.8 Å². The predicted octanol–water partition coefficient (Wildman–Crippen LogP) is 0.715. The first-order chi connectivity index (χ1) is 13.4. The molecule has 2 aromatic rings. The molecule has 3 rings (SSSR count). The number of aromatic nitrogens is 1. The third kappa shape index (κ3) is 4.39. The summed E-state index contributed by atoms with van der Waals surface area (Å²) in [6, 6.07) is 6.36. The molecular formula is C19H22FNO6S. The summed E-state index contributed by atoms with van der Waals surface area (Å²) in [5.74, 6) is 0.0347. The fourth-order valence-electron chi connectivity index (χ4n) is 2.99. The minimum atomic E-state index is -1.45. The smallest absolute Gasteiger partial charge is 0.173 e. The molecule has 0 bridgehead atoms. The maximum atomic E-state index is 14.0. The van der Waals surface area contributed by atoms with Gasteiger partial charge in [0.25, 0.3) is 0 Å². The van der Waals surface area contributed by atoms with E-state index in [1.54, 1.807) is 18.3 Å². The predicted molar refractivity (Wildman–Crippen MR) is 101 cm³/mol. The monoisotopic (exact) mass is 411 g/mol. The molecule has 0 amide bonds. The van der Waals surface area contributed by atoms with Crippen LogP contribution >= 0.6 is 11.8 Å². The minimum Gasteiger partial charge on any atom is -0.494 e. The van der Waals surface area contributed by atoms with Gasteiger partial charge in [-0.25, -0.2) is 4.39 Å². The highest BCUT2D eigenvalue weighted by Crippen LogP contribution is 2.35. The second-order valence-electron chi connectivity index (χ2n) is 6.44. The summed E-state index contributed by atoms with van der Waals surface area (Å²) in [5, 5.41) is 38.8. The van der Waals surface area contributed by atoms with Crippen molar-refractivity contribution in [3.8, 4) is 11.5 Å². The van der Waals surface area contributed by atoms with E-state index in [4.69, 9.17) is 9.47 Å². The zero-order valence-corrected chi connectivity index (χ0v) is 15.9. The van der Waals surface area contributed by atoms with Crippen LogP contribution in [-0.4, -0.2) is 68.1 Å². The Kier molecular flexibility index (Phi) is 6.73. The van der Waals surface area contributed by atoms with Crippen LogP contribution in [0.4, 0.5) is 4.39 Å². The van der Waals surface area contributed by atoms with Gasteiger partial charge in [-0.2, -0.15) is 0 Å². The van der Waals surface area contributed by atoms with Gasteiger partial charge in [-0.15, -0.1) is 11.8 Å². The van der Waals surface area contributed by atoms with Gasteiger partial charge in [0.05, 0.1) is 31.3 Å². The number of aliphatic hydroxyl groups excluding tert-OH is 4. The van der Waals surface area contributed by atoms with E-state index >= 15 is 0 Å². The number of benzene rings is 1. The Balaban J connectivity index is 1.79. The molecular weight excluding hydrogens is 389 g/mol. The van der Waals surface area contributed by atoms with Gasteiger partial charge in [-0.3, -0.25) is 4.98 Å². The highest BCUT2D eigenvalue weighted by Gasteiger charge is 2.44. The Morgan fingerprint density at radius 1 is 1.11 bits per heavy atom. The van der Waals surface area contributed by atoms with Crippen LogP contribution in [0.1, 0.15) is 11.1 Å². The summed E-state index contributed by atoms with van der Waals surface area (Å²) in [4.78, 5) is 4.02. The van der Waals surface area contributed by atoms with Crippen LogP contribution in [0.15, 0.2) is 36.7 Å². The first kappa shape index (κ1) is 20.8. The number of nitrogens with zero attached hydrogens (tertiary/aromatic N) is 1. The zero-order chi connectivity index (χ0) is 20.3. The molecule has 0 spiro atoms. The standard InChI is InChI=1S/C19H22FNO6S/c1-26-13-3-2-10(7-12(13)20)6-11-4-5-21-8-14(11)27-19-18(25)17(24)16(23)15(9-22)28-19/h2-5,7-8,15-19,22-25H,6,9H2,1H3/t15-,16-,17+,18-,19-/m1/s1. The molecule has 1 aliphatic heterocycles. The number of aliphatic hydroxyl groups is 4. The van der Waals surface area contributed by atoms with Crippen molar-refractivity contribution >= 4 is 11.8 Å². The van der Waals surface area contributed by atoms with Crippen LogP contribution in [-0.2, 0) is 6.42 Å². The average Bonchev–Trinajstić information content (AvgIpc) is 2.70. The topological polar surface area (TPSA) is 112 Å². The molecule has 5 atom stereocenters. The Bertz CT molecular complexity index is 808. The molecule has 2 heterocycles. The number of ether oxygens (including phenoxy) is 2. The third-order valence-corrected chi connectivity index (χ3v) is 5.99. The molecule has 1 aliphatic rings. The molecule has 0 unspecified atom stereocenters. The number of hydrogen-bond acceptors (Lipinski definition) is 8. The lowest BCUT2D eigenvalue weighted by atomic mass is 10.0. The zero-order valence-electron chi connectivity index (χ0n) is 15.1. The molecule has 152 valence electrons. The van der Waals surface area contributed by atoms with Gasteiger partial charge < -0.3 is 29.9 Å². The SMILES string of the molecule is COc1ccc(Cc2ccncc2O[C@@H]2S[C@H](CO)[C@@H](O)[C@H](O)[C@H]2O)cc1F. The molecule has 0 saturated carbocycles. The molecule has 1 aromatic carbocycles. The molecule has 0 aliphatic carbocycles. The van der Waals surface area contributed by atoms with E-state index in [0.29, 0.717) is 23.3 Å². The summed E-state index contributed by atoms with van der Waals surface area (Å²) >= 11 is 1.03. The van der Waals surface area contributed by atoms with Crippen molar-refractivity contribution in [3.63, 3.8) is 0 Å². The van der Waals surface area contributed by atoms with Crippen molar-refractivity contribution in [1.29, 1.82) is 0 Å². The Morgan fingerprint density at radius 3 is 2.57 bits per heavy atom. The second-order valence-corrected chi connectivity index (χ2v) is 7.79.